The summed E-state index contributed by atoms with van der Waals surface area (Å²) in [7, 11) is -0.757. The van der Waals surface area contributed by atoms with Crippen LogP contribution in [0.2, 0.25) is 0 Å². The molecule has 0 spiro atoms. The summed E-state index contributed by atoms with van der Waals surface area (Å²) < 4.78 is 14.1. The molecule has 1 aromatic rings. The van der Waals surface area contributed by atoms with E-state index in [1.54, 1.807) is 0 Å². The van der Waals surface area contributed by atoms with E-state index >= 15 is 0 Å². The molecule has 0 amide bonds. The molecule has 1 aliphatic carbocycles. The summed E-state index contributed by atoms with van der Waals surface area (Å²) in [5.41, 5.74) is 0.996. The van der Waals surface area contributed by atoms with Crippen molar-refractivity contribution in [2.75, 3.05) is 18.8 Å². The van der Waals surface area contributed by atoms with Crippen molar-refractivity contribution in [3.63, 3.8) is 0 Å². The van der Waals surface area contributed by atoms with Crippen LogP contribution < -0.4 is 5.32 Å². The molecule has 1 aliphatic heterocycles. The average Bonchev–Trinajstić information content (AvgIpc) is 2.83. The van der Waals surface area contributed by atoms with Gasteiger partial charge in [-0.1, -0.05) is 19.3 Å². The SMILES string of the molecule is O=S(Cc1ccn(C2CCCCC2)n1)CC1CNC1. The van der Waals surface area contributed by atoms with Gasteiger partial charge in [-0.25, -0.2) is 0 Å². The van der Waals surface area contributed by atoms with E-state index in [1.807, 2.05) is 6.07 Å². The smallest absolute Gasteiger partial charge is 0.0749 e. The number of nitrogens with one attached hydrogen (secondary N) is 1. The van der Waals surface area contributed by atoms with Crippen LogP contribution in [-0.2, 0) is 16.6 Å². The lowest BCUT2D eigenvalue weighted by Crippen LogP contribution is -2.44. The largest absolute Gasteiger partial charge is 0.316 e. The molecule has 3 rings (SSSR count). The highest BCUT2D eigenvalue weighted by Crippen LogP contribution is 2.27. The summed E-state index contributed by atoms with van der Waals surface area (Å²) in [5.74, 6) is 2.06. The van der Waals surface area contributed by atoms with Crippen LogP contribution in [0.1, 0.15) is 43.8 Å². The standard InChI is InChI=1S/C14H23N3OS/c18-19(10-12-8-15-9-12)11-13-6-7-17(16-13)14-4-2-1-3-5-14/h6-7,12,14-15H,1-5,8-11H2. The zero-order valence-corrected chi connectivity index (χ0v) is 12.2. The second kappa shape index (κ2) is 6.18. The molecule has 1 saturated heterocycles. The molecule has 0 radical (unpaired) electrons. The molecule has 2 heterocycles. The van der Waals surface area contributed by atoms with Crippen molar-refractivity contribution in [1.82, 2.24) is 15.1 Å². The van der Waals surface area contributed by atoms with Crippen LogP contribution in [0.5, 0.6) is 0 Å². The van der Waals surface area contributed by atoms with E-state index in [4.69, 9.17) is 0 Å². The first kappa shape index (κ1) is 13.3. The first-order chi connectivity index (χ1) is 9.31. The Hall–Kier alpha value is -0.680. The first-order valence-corrected chi connectivity index (χ1v) is 8.90. The Balaban J connectivity index is 1.53. The lowest BCUT2D eigenvalue weighted by atomic mass is 9.96. The Kier molecular flexibility index (Phi) is 4.33. The van der Waals surface area contributed by atoms with Crippen molar-refractivity contribution in [1.29, 1.82) is 0 Å². The molecule has 4 nitrogen and oxygen atoms in total. The summed E-state index contributed by atoms with van der Waals surface area (Å²) in [6, 6.07) is 2.62. The molecule has 0 bridgehead atoms. The van der Waals surface area contributed by atoms with Crippen LogP contribution >= 0.6 is 0 Å². The van der Waals surface area contributed by atoms with Gasteiger partial charge in [-0.05, 0) is 24.8 Å². The Morgan fingerprint density at radius 1 is 1.32 bits per heavy atom. The predicted molar refractivity (Wildman–Crippen MR) is 77.4 cm³/mol. The maximum Gasteiger partial charge on any atom is 0.0749 e. The van der Waals surface area contributed by atoms with E-state index in [-0.39, 0.29) is 0 Å². The van der Waals surface area contributed by atoms with Crippen LogP contribution in [0.4, 0.5) is 0 Å². The number of nitrogens with zero attached hydrogens (tertiary/aromatic N) is 2. The van der Waals surface area contributed by atoms with Gasteiger partial charge in [-0.3, -0.25) is 8.89 Å². The molecule has 2 aliphatic rings. The second-order valence-corrected chi connectivity index (χ2v) is 7.36. The molecule has 2 fully saturated rings. The molecule has 5 heteroatoms. The van der Waals surface area contributed by atoms with E-state index in [1.165, 1.54) is 32.1 Å². The molecule has 1 aromatic heterocycles. The van der Waals surface area contributed by atoms with Gasteiger partial charge in [0.15, 0.2) is 0 Å². The minimum Gasteiger partial charge on any atom is -0.316 e. The van der Waals surface area contributed by atoms with Gasteiger partial charge in [-0.15, -0.1) is 0 Å². The molecule has 106 valence electrons. The fourth-order valence-electron chi connectivity index (χ4n) is 2.96. The van der Waals surface area contributed by atoms with E-state index in [0.29, 0.717) is 17.7 Å². The van der Waals surface area contributed by atoms with Crippen molar-refractivity contribution in [3.05, 3.63) is 18.0 Å². The predicted octanol–water partition coefficient (Wildman–Crippen LogP) is 1.86. The van der Waals surface area contributed by atoms with E-state index < -0.39 is 10.8 Å². The van der Waals surface area contributed by atoms with Crippen molar-refractivity contribution >= 4 is 10.8 Å². The molecular weight excluding hydrogens is 258 g/mol. The number of hydrogen-bond acceptors (Lipinski definition) is 3. The van der Waals surface area contributed by atoms with Crippen LogP contribution in [0.15, 0.2) is 12.3 Å². The van der Waals surface area contributed by atoms with Crippen LogP contribution in [0.25, 0.3) is 0 Å². The van der Waals surface area contributed by atoms with E-state index in [2.05, 4.69) is 21.3 Å². The topological polar surface area (TPSA) is 46.9 Å². The molecule has 0 aromatic carbocycles. The van der Waals surface area contributed by atoms with Crippen LogP contribution in [0, 0.1) is 5.92 Å². The first-order valence-electron chi connectivity index (χ1n) is 7.41. The third-order valence-electron chi connectivity index (χ3n) is 4.21. The normalized spacial score (nSPS) is 23.2. The Morgan fingerprint density at radius 2 is 2.11 bits per heavy atom. The van der Waals surface area contributed by atoms with Gasteiger partial charge in [0.1, 0.15) is 0 Å². The third kappa shape index (κ3) is 3.45. The Labute approximate surface area is 117 Å². The lowest BCUT2D eigenvalue weighted by Gasteiger charge is -2.26. The van der Waals surface area contributed by atoms with Gasteiger partial charge in [0.2, 0.25) is 0 Å². The molecule has 1 N–H and O–H groups in total. The van der Waals surface area contributed by atoms with Gasteiger partial charge < -0.3 is 5.32 Å². The number of rotatable bonds is 5. The minimum atomic E-state index is -0.757. The van der Waals surface area contributed by atoms with Gasteiger partial charge in [0.25, 0.3) is 0 Å². The zero-order valence-electron chi connectivity index (χ0n) is 11.4. The summed E-state index contributed by atoms with van der Waals surface area (Å²) in [6.45, 7) is 2.06. The summed E-state index contributed by atoms with van der Waals surface area (Å²) >= 11 is 0. The minimum absolute atomic E-state index is 0.576. The summed E-state index contributed by atoms with van der Waals surface area (Å²) in [4.78, 5) is 0. The maximum absolute atomic E-state index is 12.0. The Morgan fingerprint density at radius 3 is 2.79 bits per heavy atom. The van der Waals surface area contributed by atoms with Gasteiger partial charge >= 0.3 is 0 Å². The van der Waals surface area contributed by atoms with Crippen LogP contribution in [0.3, 0.4) is 0 Å². The zero-order chi connectivity index (χ0) is 13.1. The van der Waals surface area contributed by atoms with Crippen molar-refractivity contribution in [3.8, 4) is 0 Å². The van der Waals surface area contributed by atoms with Crippen molar-refractivity contribution < 1.29 is 4.21 Å². The van der Waals surface area contributed by atoms with E-state index in [0.717, 1.165) is 24.5 Å². The maximum atomic E-state index is 12.0. The average molecular weight is 281 g/mol. The van der Waals surface area contributed by atoms with E-state index in [9.17, 15) is 4.21 Å². The number of aromatic nitrogens is 2. The highest BCUT2D eigenvalue weighted by atomic mass is 32.2. The molecule has 1 saturated carbocycles. The fraction of sp³-hybridized carbons (Fsp3) is 0.786. The third-order valence-corrected chi connectivity index (χ3v) is 5.67. The fourth-order valence-corrected chi connectivity index (χ4v) is 4.32. The van der Waals surface area contributed by atoms with Crippen LogP contribution in [-0.4, -0.2) is 32.8 Å². The Bertz CT molecular complexity index is 436. The van der Waals surface area contributed by atoms with Gasteiger partial charge in [0.05, 0.1) is 17.5 Å². The summed E-state index contributed by atoms with van der Waals surface area (Å²) in [6.07, 6.45) is 8.58. The molecule has 19 heavy (non-hydrogen) atoms. The lowest BCUT2D eigenvalue weighted by molar-refractivity contribution is 0.328. The number of hydrogen-bond donors (Lipinski definition) is 1. The molecular formula is C14H23N3OS. The monoisotopic (exact) mass is 281 g/mol. The van der Waals surface area contributed by atoms with Gasteiger partial charge in [-0.2, -0.15) is 5.10 Å². The quantitative estimate of drug-likeness (QED) is 0.896. The van der Waals surface area contributed by atoms with Gasteiger partial charge in [0, 0.05) is 35.8 Å². The highest BCUT2D eigenvalue weighted by Gasteiger charge is 2.20. The summed E-state index contributed by atoms with van der Waals surface area (Å²) in [5, 5.41) is 7.86. The van der Waals surface area contributed by atoms with Crippen molar-refractivity contribution in [2.24, 2.45) is 5.92 Å². The molecule has 1 atom stereocenters. The highest BCUT2D eigenvalue weighted by molar-refractivity contribution is 7.84. The van der Waals surface area contributed by atoms with Crippen molar-refractivity contribution in [2.45, 2.75) is 43.9 Å². The molecule has 1 unspecified atom stereocenters. The second-order valence-electron chi connectivity index (χ2n) is 5.85.